The number of nitro groups is 1. The maximum atomic E-state index is 12.9. The molecule has 0 spiro atoms. The van der Waals surface area contributed by atoms with E-state index in [-0.39, 0.29) is 54.4 Å². The molecule has 2 heterocycles. The summed E-state index contributed by atoms with van der Waals surface area (Å²) in [6.07, 6.45) is 2.93. The highest BCUT2D eigenvalue weighted by Gasteiger charge is 2.32. The van der Waals surface area contributed by atoms with Crippen molar-refractivity contribution in [3.63, 3.8) is 0 Å². The average Bonchev–Trinajstić information content (AvgIpc) is 2.79. The van der Waals surface area contributed by atoms with Crippen molar-refractivity contribution in [2.45, 2.75) is 24.7 Å². The van der Waals surface area contributed by atoms with Gasteiger partial charge in [-0.3, -0.25) is 19.9 Å². The first kappa shape index (κ1) is 23.3. The average molecular weight is 462 g/mol. The van der Waals surface area contributed by atoms with Crippen molar-refractivity contribution in [3.8, 4) is 0 Å². The van der Waals surface area contributed by atoms with Gasteiger partial charge in [-0.25, -0.2) is 13.2 Å². The zero-order chi connectivity index (χ0) is 23.3. The highest BCUT2D eigenvalue weighted by molar-refractivity contribution is 7.89. The molecule has 1 amide bonds. The summed E-state index contributed by atoms with van der Waals surface area (Å²) in [7, 11) is -3.79. The maximum Gasteiger partial charge on any atom is 0.338 e. The van der Waals surface area contributed by atoms with E-state index >= 15 is 0 Å². The highest BCUT2D eigenvalue weighted by Crippen LogP contribution is 2.27. The molecule has 0 radical (unpaired) electrons. The van der Waals surface area contributed by atoms with Crippen LogP contribution in [-0.4, -0.2) is 54.2 Å². The summed E-state index contributed by atoms with van der Waals surface area (Å²) < 4.78 is 32.0. The van der Waals surface area contributed by atoms with Crippen molar-refractivity contribution in [3.05, 3.63) is 58.4 Å². The molecule has 2 aromatic rings. The minimum Gasteiger partial charge on any atom is -0.462 e. The van der Waals surface area contributed by atoms with Gasteiger partial charge in [-0.05, 0) is 50.1 Å². The van der Waals surface area contributed by atoms with Crippen LogP contribution in [0, 0.1) is 16.0 Å². The van der Waals surface area contributed by atoms with E-state index in [2.05, 4.69) is 10.3 Å². The summed E-state index contributed by atoms with van der Waals surface area (Å²) in [6.45, 7) is 2.14. The topological polar surface area (TPSA) is 149 Å². The molecular weight excluding hydrogens is 440 g/mol. The third-order valence-electron chi connectivity index (χ3n) is 5.08. The van der Waals surface area contributed by atoms with Gasteiger partial charge in [0.2, 0.25) is 15.9 Å². The van der Waals surface area contributed by atoms with Gasteiger partial charge >= 0.3 is 11.7 Å². The Labute approximate surface area is 184 Å². The van der Waals surface area contributed by atoms with Gasteiger partial charge in [-0.15, -0.1) is 0 Å². The zero-order valence-corrected chi connectivity index (χ0v) is 18.1. The van der Waals surface area contributed by atoms with Crippen molar-refractivity contribution >= 4 is 33.3 Å². The van der Waals surface area contributed by atoms with E-state index < -0.39 is 32.7 Å². The number of amides is 1. The van der Waals surface area contributed by atoms with Crippen LogP contribution in [0.1, 0.15) is 30.1 Å². The number of piperidine rings is 1. The normalized spacial score (nSPS) is 15.2. The van der Waals surface area contributed by atoms with Gasteiger partial charge in [0.05, 0.1) is 22.0 Å². The number of nitrogens with zero attached hydrogens (tertiary/aromatic N) is 3. The fraction of sp³-hybridized carbons (Fsp3) is 0.350. The molecule has 0 saturated carbocycles. The quantitative estimate of drug-likeness (QED) is 0.374. The Kier molecular flexibility index (Phi) is 7.15. The standard InChI is InChI=1S/C20H22N4O7S/c1-2-31-20(26)15-3-5-16(6-4-15)32(29,30)23-11-8-14(9-12-23)19(25)22-17-7-10-21-13-18(17)24(27)28/h3-7,10,13-14H,2,8-9,11-12H2,1H3,(H,21,22,25). The van der Waals surface area contributed by atoms with E-state index in [1.165, 1.54) is 40.8 Å². The second kappa shape index (κ2) is 9.83. The first-order valence-corrected chi connectivity index (χ1v) is 11.3. The Balaban J connectivity index is 1.63. The highest BCUT2D eigenvalue weighted by atomic mass is 32.2. The molecule has 0 aliphatic carbocycles. The predicted octanol–water partition coefficient (Wildman–Crippen LogP) is 2.21. The third kappa shape index (κ3) is 5.08. The molecule has 12 heteroatoms. The molecule has 1 N–H and O–H groups in total. The predicted molar refractivity (Wildman–Crippen MR) is 113 cm³/mol. The van der Waals surface area contributed by atoms with Crippen LogP contribution in [0.2, 0.25) is 0 Å². The van der Waals surface area contributed by atoms with Gasteiger partial charge in [0.25, 0.3) is 0 Å². The zero-order valence-electron chi connectivity index (χ0n) is 17.3. The minimum atomic E-state index is -3.79. The summed E-state index contributed by atoms with van der Waals surface area (Å²) in [4.78, 5) is 38.5. The lowest BCUT2D eigenvalue weighted by molar-refractivity contribution is -0.384. The van der Waals surface area contributed by atoms with Gasteiger partial charge in [0.1, 0.15) is 11.9 Å². The Morgan fingerprint density at radius 3 is 2.47 bits per heavy atom. The number of pyridine rings is 1. The third-order valence-corrected chi connectivity index (χ3v) is 7.00. The molecule has 1 aliphatic heterocycles. The van der Waals surface area contributed by atoms with Crippen LogP contribution in [-0.2, 0) is 19.6 Å². The summed E-state index contributed by atoms with van der Waals surface area (Å²) in [5.74, 6) is -1.42. The van der Waals surface area contributed by atoms with Crippen LogP contribution in [0.25, 0.3) is 0 Å². The molecule has 1 aliphatic rings. The molecule has 11 nitrogen and oxygen atoms in total. The molecule has 1 aromatic heterocycles. The number of sulfonamides is 1. The number of carbonyl (C=O) groups is 2. The largest absolute Gasteiger partial charge is 0.462 e. The SMILES string of the molecule is CCOC(=O)c1ccc(S(=O)(=O)N2CCC(C(=O)Nc3ccncc3[N+](=O)[O-])CC2)cc1. The van der Waals surface area contributed by atoms with E-state index in [0.717, 1.165) is 6.20 Å². The van der Waals surface area contributed by atoms with Gasteiger partial charge in [-0.1, -0.05) is 0 Å². The van der Waals surface area contributed by atoms with Crippen LogP contribution >= 0.6 is 0 Å². The van der Waals surface area contributed by atoms with Crippen LogP contribution in [0.15, 0.2) is 47.6 Å². The maximum absolute atomic E-state index is 12.9. The van der Waals surface area contributed by atoms with Crippen LogP contribution in [0.5, 0.6) is 0 Å². The van der Waals surface area contributed by atoms with Gasteiger partial charge in [0, 0.05) is 25.2 Å². The number of carbonyl (C=O) groups excluding carboxylic acids is 2. The smallest absolute Gasteiger partial charge is 0.338 e. The first-order valence-electron chi connectivity index (χ1n) is 9.90. The number of hydrogen-bond acceptors (Lipinski definition) is 8. The Morgan fingerprint density at radius 1 is 1.22 bits per heavy atom. The number of aromatic nitrogens is 1. The summed E-state index contributed by atoms with van der Waals surface area (Å²) in [5.41, 5.74) is -0.00902. The number of esters is 1. The molecule has 0 unspecified atom stereocenters. The van der Waals surface area contributed by atoms with Crippen molar-refractivity contribution in [2.24, 2.45) is 5.92 Å². The molecule has 0 bridgehead atoms. The molecule has 1 saturated heterocycles. The summed E-state index contributed by atoms with van der Waals surface area (Å²) in [5, 5.41) is 13.6. The van der Waals surface area contributed by atoms with E-state index in [9.17, 15) is 28.1 Å². The van der Waals surface area contributed by atoms with Crippen molar-refractivity contribution in [2.75, 3.05) is 25.0 Å². The summed E-state index contributed by atoms with van der Waals surface area (Å²) >= 11 is 0. The Hall–Kier alpha value is -3.38. The van der Waals surface area contributed by atoms with Gasteiger partial charge < -0.3 is 10.1 Å². The minimum absolute atomic E-state index is 0.0425. The molecular formula is C20H22N4O7S. The van der Waals surface area contributed by atoms with Gasteiger partial charge in [0.15, 0.2) is 0 Å². The number of hydrogen-bond donors (Lipinski definition) is 1. The number of anilines is 1. The molecule has 3 rings (SSSR count). The fourth-order valence-corrected chi connectivity index (χ4v) is 4.83. The van der Waals surface area contributed by atoms with Gasteiger partial charge in [-0.2, -0.15) is 4.31 Å². The molecule has 1 fully saturated rings. The van der Waals surface area contributed by atoms with Crippen LogP contribution in [0.3, 0.4) is 0 Å². The van der Waals surface area contributed by atoms with E-state index in [0.29, 0.717) is 0 Å². The van der Waals surface area contributed by atoms with Crippen molar-refractivity contribution in [1.29, 1.82) is 0 Å². The van der Waals surface area contributed by atoms with E-state index in [4.69, 9.17) is 4.74 Å². The fourth-order valence-electron chi connectivity index (χ4n) is 3.36. The van der Waals surface area contributed by atoms with E-state index in [1.54, 1.807) is 6.92 Å². The summed E-state index contributed by atoms with van der Waals surface area (Å²) in [6, 6.07) is 6.83. The first-order chi connectivity index (χ1) is 15.2. The molecule has 0 atom stereocenters. The second-order valence-electron chi connectivity index (χ2n) is 7.06. The Morgan fingerprint density at radius 2 is 1.88 bits per heavy atom. The number of ether oxygens (including phenoxy) is 1. The monoisotopic (exact) mass is 462 g/mol. The van der Waals surface area contributed by atoms with Crippen LogP contribution in [0.4, 0.5) is 11.4 Å². The number of benzene rings is 1. The lowest BCUT2D eigenvalue weighted by atomic mass is 9.97. The second-order valence-corrected chi connectivity index (χ2v) is 9.00. The molecule has 1 aromatic carbocycles. The Bertz CT molecular complexity index is 1110. The van der Waals surface area contributed by atoms with Crippen molar-refractivity contribution < 1.29 is 27.7 Å². The lowest BCUT2D eigenvalue weighted by Crippen LogP contribution is -2.41. The van der Waals surface area contributed by atoms with Crippen LogP contribution < -0.4 is 5.32 Å². The molecule has 32 heavy (non-hydrogen) atoms. The number of rotatable bonds is 7. The van der Waals surface area contributed by atoms with E-state index in [1.807, 2.05) is 0 Å². The number of nitrogens with one attached hydrogen (secondary N) is 1. The molecule has 170 valence electrons. The van der Waals surface area contributed by atoms with Crippen molar-refractivity contribution in [1.82, 2.24) is 9.29 Å². The lowest BCUT2D eigenvalue weighted by Gasteiger charge is -2.30.